The number of amides is 1. The maximum atomic E-state index is 12.5. The van der Waals surface area contributed by atoms with Gasteiger partial charge in [-0.15, -0.1) is 12.4 Å². The molecular formula is C20H29ClN2O2. The highest BCUT2D eigenvalue weighted by molar-refractivity contribution is 5.98. The highest BCUT2D eigenvalue weighted by Gasteiger charge is 2.36. The molecule has 1 aromatic carbocycles. The van der Waals surface area contributed by atoms with Crippen molar-refractivity contribution < 1.29 is 9.59 Å². The number of nitrogens with zero attached hydrogens (tertiary/aromatic N) is 1. The summed E-state index contributed by atoms with van der Waals surface area (Å²) >= 11 is 0. The van der Waals surface area contributed by atoms with E-state index in [0.717, 1.165) is 19.3 Å². The van der Waals surface area contributed by atoms with Crippen LogP contribution in [0.3, 0.4) is 0 Å². The van der Waals surface area contributed by atoms with E-state index in [2.05, 4.69) is 12.2 Å². The van der Waals surface area contributed by atoms with Gasteiger partial charge in [-0.2, -0.15) is 0 Å². The monoisotopic (exact) mass is 364 g/mol. The second-order valence-electron chi connectivity index (χ2n) is 7.24. The molecule has 2 aliphatic rings. The first-order valence-corrected chi connectivity index (χ1v) is 9.20. The number of ketones is 1. The minimum atomic E-state index is 0. The fraction of sp³-hybridized carbons (Fsp3) is 0.600. The van der Waals surface area contributed by atoms with Gasteiger partial charge in [0.2, 0.25) is 5.91 Å². The predicted molar refractivity (Wildman–Crippen MR) is 102 cm³/mol. The van der Waals surface area contributed by atoms with Gasteiger partial charge in [-0.05, 0) is 37.7 Å². The Morgan fingerprint density at radius 2 is 1.68 bits per heavy atom. The first kappa shape index (κ1) is 19.9. The summed E-state index contributed by atoms with van der Waals surface area (Å²) in [6, 6.07) is 9.21. The summed E-state index contributed by atoms with van der Waals surface area (Å²) in [6.45, 7) is 2.10. The number of carbonyl (C=O) groups excluding carboxylic acids is 2. The van der Waals surface area contributed by atoms with Crippen LogP contribution < -0.4 is 5.32 Å². The van der Waals surface area contributed by atoms with Crippen LogP contribution in [0.25, 0.3) is 0 Å². The average molecular weight is 365 g/mol. The third kappa shape index (κ3) is 4.83. The number of hydrogen-bond acceptors (Lipinski definition) is 3. The molecule has 1 aromatic rings. The van der Waals surface area contributed by atoms with Crippen molar-refractivity contribution in [3.05, 3.63) is 35.4 Å². The molecule has 4 nitrogen and oxygen atoms in total. The van der Waals surface area contributed by atoms with Crippen molar-refractivity contribution in [2.24, 2.45) is 0 Å². The van der Waals surface area contributed by atoms with Gasteiger partial charge < -0.3 is 10.2 Å². The fourth-order valence-electron chi connectivity index (χ4n) is 4.01. The molecule has 2 fully saturated rings. The minimum Gasteiger partial charge on any atom is -0.343 e. The molecule has 2 atom stereocenters. The quantitative estimate of drug-likeness (QED) is 0.787. The third-order valence-electron chi connectivity index (χ3n) is 5.64. The van der Waals surface area contributed by atoms with Crippen LogP contribution in [0.2, 0.25) is 0 Å². The van der Waals surface area contributed by atoms with E-state index in [9.17, 15) is 9.59 Å². The maximum absolute atomic E-state index is 12.5. The van der Waals surface area contributed by atoms with Crippen molar-refractivity contribution >= 4 is 24.1 Å². The smallest absolute Gasteiger partial charge is 0.223 e. The van der Waals surface area contributed by atoms with Crippen molar-refractivity contribution in [1.82, 2.24) is 10.2 Å². The number of hydrogen-bond donors (Lipinski definition) is 1. The molecule has 1 amide bonds. The maximum Gasteiger partial charge on any atom is 0.223 e. The van der Waals surface area contributed by atoms with E-state index in [1.807, 2.05) is 36.2 Å². The van der Waals surface area contributed by atoms with Crippen LogP contribution in [0.15, 0.2) is 24.3 Å². The lowest BCUT2D eigenvalue weighted by Gasteiger charge is -2.35. The van der Waals surface area contributed by atoms with Crippen LogP contribution in [-0.4, -0.2) is 41.8 Å². The number of benzene rings is 1. The standard InChI is InChI=1S/C20H28N2O2.ClH/c1-3-14-4-6-15(7-5-14)19(23)10-11-20(24)22(2)18-12-16-8-9-17(13-18)21-16;/h4-7,16-18,21H,3,8-13H2,1-2H3;1H. The highest BCUT2D eigenvalue weighted by Crippen LogP contribution is 2.29. The Morgan fingerprint density at radius 1 is 1.08 bits per heavy atom. The molecule has 0 saturated carbocycles. The van der Waals surface area contributed by atoms with Crippen LogP contribution in [0.1, 0.15) is 61.4 Å². The number of fused-ring (bicyclic) bond motifs is 2. The largest absolute Gasteiger partial charge is 0.343 e. The van der Waals surface area contributed by atoms with Gasteiger partial charge in [-0.3, -0.25) is 9.59 Å². The molecular weight excluding hydrogens is 336 g/mol. The molecule has 25 heavy (non-hydrogen) atoms. The molecule has 3 rings (SSSR count). The molecule has 0 spiro atoms. The molecule has 1 N–H and O–H groups in total. The third-order valence-corrected chi connectivity index (χ3v) is 5.64. The van der Waals surface area contributed by atoms with Gasteiger partial charge in [0.25, 0.3) is 0 Å². The summed E-state index contributed by atoms with van der Waals surface area (Å²) in [4.78, 5) is 26.6. The van der Waals surface area contributed by atoms with Gasteiger partial charge in [0.05, 0.1) is 0 Å². The molecule has 0 radical (unpaired) electrons. The Kier molecular flexibility index (Phi) is 7.03. The zero-order valence-corrected chi connectivity index (χ0v) is 16.0. The first-order valence-electron chi connectivity index (χ1n) is 9.20. The number of halogens is 1. The second kappa shape index (κ2) is 8.81. The lowest BCUT2D eigenvalue weighted by Crippen LogP contribution is -2.48. The number of piperidine rings is 1. The van der Waals surface area contributed by atoms with E-state index in [1.165, 1.54) is 18.4 Å². The van der Waals surface area contributed by atoms with E-state index in [4.69, 9.17) is 0 Å². The summed E-state index contributed by atoms with van der Waals surface area (Å²) in [5.74, 6) is 0.157. The van der Waals surface area contributed by atoms with Crippen molar-refractivity contribution in [1.29, 1.82) is 0 Å². The molecule has 2 bridgehead atoms. The van der Waals surface area contributed by atoms with Gasteiger partial charge in [0.15, 0.2) is 5.78 Å². The molecule has 0 aliphatic carbocycles. The molecule has 2 saturated heterocycles. The number of Topliss-reactive ketones (excluding diaryl/α,β-unsaturated/α-hetero) is 1. The van der Waals surface area contributed by atoms with Crippen molar-refractivity contribution in [2.45, 2.75) is 70.0 Å². The first-order chi connectivity index (χ1) is 11.6. The summed E-state index contributed by atoms with van der Waals surface area (Å²) < 4.78 is 0. The number of carbonyl (C=O) groups is 2. The molecule has 5 heteroatoms. The van der Waals surface area contributed by atoms with Crippen LogP contribution >= 0.6 is 12.4 Å². The van der Waals surface area contributed by atoms with Crippen LogP contribution in [0.4, 0.5) is 0 Å². The van der Waals surface area contributed by atoms with E-state index in [1.54, 1.807) is 0 Å². The van der Waals surface area contributed by atoms with Gasteiger partial charge in [0.1, 0.15) is 0 Å². The lowest BCUT2D eigenvalue weighted by atomic mass is 9.98. The van der Waals surface area contributed by atoms with E-state index in [-0.39, 0.29) is 24.1 Å². The Hall–Kier alpha value is -1.39. The average Bonchev–Trinajstić information content (AvgIpc) is 2.96. The Balaban J connectivity index is 0.00000225. The summed E-state index contributed by atoms with van der Waals surface area (Å²) in [6.07, 6.45) is 6.13. The number of aryl methyl sites for hydroxylation is 1. The summed E-state index contributed by atoms with van der Waals surface area (Å²) in [7, 11) is 1.90. The fourth-order valence-corrected chi connectivity index (χ4v) is 4.01. The molecule has 2 aliphatic heterocycles. The predicted octanol–water partition coefficient (Wildman–Crippen LogP) is 3.38. The van der Waals surface area contributed by atoms with E-state index in [0.29, 0.717) is 36.5 Å². The van der Waals surface area contributed by atoms with Crippen LogP contribution in [-0.2, 0) is 11.2 Å². The number of rotatable bonds is 6. The lowest BCUT2D eigenvalue weighted by molar-refractivity contribution is -0.132. The zero-order valence-electron chi connectivity index (χ0n) is 15.2. The van der Waals surface area contributed by atoms with Gasteiger partial charge in [0, 0.05) is 43.6 Å². The van der Waals surface area contributed by atoms with E-state index >= 15 is 0 Å². The van der Waals surface area contributed by atoms with Crippen molar-refractivity contribution in [2.75, 3.05) is 7.05 Å². The van der Waals surface area contributed by atoms with Gasteiger partial charge in [-0.1, -0.05) is 31.2 Å². The number of nitrogens with one attached hydrogen (secondary N) is 1. The van der Waals surface area contributed by atoms with E-state index < -0.39 is 0 Å². The summed E-state index contributed by atoms with van der Waals surface area (Å²) in [5.41, 5.74) is 1.94. The Bertz CT molecular complexity index is 590. The Labute approximate surface area is 156 Å². The van der Waals surface area contributed by atoms with Crippen LogP contribution in [0.5, 0.6) is 0 Å². The molecule has 2 heterocycles. The van der Waals surface area contributed by atoms with Crippen molar-refractivity contribution in [3.63, 3.8) is 0 Å². The Morgan fingerprint density at radius 3 is 2.24 bits per heavy atom. The van der Waals surface area contributed by atoms with Crippen LogP contribution in [0, 0.1) is 0 Å². The molecule has 0 aromatic heterocycles. The normalized spacial score (nSPS) is 24.5. The minimum absolute atomic E-state index is 0. The SMILES string of the molecule is CCc1ccc(C(=O)CCC(=O)N(C)C2CC3CCC(C2)N3)cc1.Cl. The molecule has 138 valence electrons. The highest BCUT2D eigenvalue weighted by atomic mass is 35.5. The zero-order chi connectivity index (χ0) is 17.1. The van der Waals surface area contributed by atoms with Gasteiger partial charge in [-0.25, -0.2) is 0 Å². The second-order valence-corrected chi connectivity index (χ2v) is 7.24. The topological polar surface area (TPSA) is 49.4 Å². The molecule has 2 unspecified atom stereocenters. The van der Waals surface area contributed by atoms with Gasteiger partial charge >= 0.3 is 0 Å². The van der Waals surface area contributed by atoms with Crippen molar-refractivity contribution in [3.8, 4) is 0 Å². The summed E-state index contributed by atoms with van der Waals surface area (Å²) in [5, 5.41) is 3.60.